The standard InChI is InChI=1S/C15H28N4O8/c1-3-7(2)11(15(26)27)19-14(25)10(6-22)18-13(24)9(5-21)17-12(23)8(16)4-20/h7-11,20-22H,3-6,16H2,1-2H3,(H,17,23)(H,18,24)(H,19,25)(H,26,27). The Morgan fingerprint density at radius 3 is 1.67 bits per heavy atom. The molecule has 12 nitrogen and oxygen atoms in total. The number of nitrogens with one attached hydrogen (secondary N) is 3. The predicted molar refractivity (Wildman–Crippen MR) is 92.1 cm³/mol. The van der Waals surface area contributed by atoms with E-state index in [1.165, 1.54) is 0 Å². The molecule has 0 saturated carbocycles. The summed E-state index contributed by atoms with van der Waals surface area (Å²) in [5, 5.41) is 43.0. The molecule has 27 heavy (non-hydrogen) atoms. The van der Waals surface area contributed by atoms with E-state index >= 15 is 0 Å². The molecule has 0 aromatic heterocycles. The summed E-state index contributed by atoms with van der Waals surface area (Å²) in [6, 6.07) is -5.51. The molecule has 0 aromatic carbocycles. The number of carboxylic acid groups (broad SMARTS) is 1. The molecule has 5 unspecified atom stereocenters. The van der Waals surface area contributed by atoms with Gasteiger partial charge in [0.15, 0.2) is 0 Å². The van der Waals surface area contributed by atoms with Gasteiger partial charge in [0.05, 0.1) is 19.8 Å². The molecule has 0 aromatic rings. The van der Waals surface area contributed by atoms with Gasteiger partial charge in [0.2, 0.25) is 17.7 Å². The lowest BCUT2D eigenvalue weighted by atomic mass is 9.99. The van der Waals surface area contributed by atoms with Crippen LogP contribution in [0.2, 0.25) is 0 Å². The van der Waals surface area contributed by atoms with E-state index in [4.69, 9.17) is 10.8 Å². The third-order valence-electron chi connectivity index (χ3n) is 3.94. The number of aliphatic hydroxyl groups excluding tert-OH is 3. The van der Waals surface area contributed by atoms with Crippen LogP contribution in [0, 0.1) is 5.92 Å². The van der Waals surface area contributed by atoms with Gasteiger partial charge in [-0.15, -0.1) is 0 Å². The Labute approximate surface area is 156 Å². The summed E-state index contributed by atoms with van der Waals surface area (Å²) in [4.78, 5) is 47.1. The van der Waals surface area contributed by atoms with Crippen LogP contribution < -0.4 is 21.7 Å². The highest BCUT2D eigenvalue weighted by Gasteiger charge is 2.31. The van der Waals surface area contributed by atoms with Crippen molar-refractivity contribution in [2.24, 2.45) is 11.7 Å². The molecule has 12 heteroatoms. The zero-order chi connectivity index (χ0) is 21.1. The van der Waals surface area contributed by atoms with E-state index in [2.05, 4.69) is 16.0 Å². The molecule has 3 amide bonds. The summed E-state index contributed by atoms with van der Waals surface area (Å²) in [5.74, 6) is -4.50. The average Bonchev–Trinajstić information content (AvgIpc) is 2.65. The van der Waals surface area contributed by atoms with E-state index in [9.17, 15) is 34.5 Å². The Balaban J connectivity index is 5.01. The summed E-state index contributed by atoms with van der Waals surface area (Å²) in [5.41, 5.74) is 5.28. The van der Waals surface area contributed by atoms with Gasteiger partial charge in [-0.25, -0.2) is 4.79 Å². The Kier molecular flexibility index (Phi) is 11.1. The van der Waals surface area contributed by atoms with Crippen LogP contribution in [-0.4, -0.2) is 88.1 Å². The number of carbonyl (C=O) groups is 4. The van der Waals surface area contributed by atoms with E-state index < -0.39 is 73.6 Å². The Hall–Kier alpha value is -2.28. The van der Waals surface area contributed by atoms with Crippen molar-refractivity contribution in [2.75, 3.05) is 19.8 Å². The van der Waals surface area contributed by atoms with Crippen LogP contribution in [-0.2, 0) is 19.2 Å². The van der Waals surface area contributed by atoms with E-state index in [1.54, 1.807) is 13.8 Å². The fourth-order valence-electron chi connectivity index (χ4n) is 1.96. The molecule has 0 bridgehead atoms. The molecule has 0 spiro atoms. The highest BCUT2D eigenvalue weighted by molar-refractivity contribution is 5.94. The van der Waals surface area contributed by atoms with Crippen molar-refractivity contribution in [1.29, 1.82) is 0 Å². The van der Waals surface area contributed by atoms with Crippen LogP contribution in [0.5, 0.6) is 0 Å². The third-order valence-corrected chi connectivity index (χ3v) is 3.94. The maximum Gasteiger partial charge on any atom is 0.326 e. The summed E-state index contributed by atoms with van der Waals surface area (Å²) >= 11 is 0. The Morgan fingerprint density at radius 1 is 0.852 bits per heavy atom. The molecule has 0 saturated heterocycles. The number of rotatable bonds is 12. The van der Waals surface area contributed by atoms with Crippen LogP contribution in [0.15, 0.2) is 0 Å². The molecule has 0 aliphatic carbocycles. The SMILES string of the molecule is CCC(C)C(NC(=O)C(CO)NC(=O)C(CO)NC(=O)C(N)CO)C(=O)O. The molecule has 0 aliphatic rings. The smallest absolute Gasteiger partial charge is 0.326 e. The van der Waals surface area contributed by atoms with Crippen LogP contribution >= 0.6 is 0 Å². The van der Waals surface area contributed by atoms with Crippen molar-refractivity contribution >= 4 is 23.7 Å². The minimum atomic E-state index is -1.50. The lowest BCUT2D eigenvalue weighted by Gasteiger charge is -2.25. The largest absolute Gasteiger partial charge is 0.480 e. The molecular formula is C15H28N4O8. The highest BCUT2D eigenvalue weighted by Crippen LogP contribution is 2.08. The maximum absolute atomic E-state index is 12.2. The fourth-order valence-corrected chi connectivity index (χ4v) is 1.96. The second kappa shape index (κ2) is 12.2. The van der Waals surface area contributed by atoms with Gasteiger partial charge < -0.3 is 42.1 Å². The first-order valence-electron chi connectivity index (χ1n) is 8.34. The fraction of sp³-hybridized carbons (Fsp3) is 0.733. The molecule has 0 aliphatic heterocycles. The second-order valence-electron chi connectivity index (χ2n) is 5.99. The number of carbonyl (C=O) groups excluding carboxylic acids is 3. The number of amides is 3. The van der Waals surface area contributed by atoms with Crippen molar-refractivity contribution in [1.82, 2.24) is 16.0 Å². The first-order valence-corrected chi connectivity index (χ1v) is 8.34. The van der Waals surface area contributed by atoms with Crippen molar-refractivity contribution in [3.05, 3.63) is 0 Å². The van der Waals surface area contributed by atoms with Crippen LogP contribution in [0.4, 0.5) is 0 Å². The lowest BCUT2D eigenvalue weighted by Crippen LogP contribution is -2.59. The maximum atomic E-state index is 12.2. The van der Waals surface area contributed by atoms with Crippen LogP contribution in [0.1, 0.15) is 20.3 Å². The first kappa shape index (κ1) is 24.7. The first-order chi connectivity index (χ1) is 12.6. The van der Waals surface area contributed by atoms with Gasteiger partial charge >= 0.3 is 5.97 Å². The molecule has 5 atom stereocenters. The number of carboxylic acids is 1. The van der Waals surface area contributed by atoms with Crippen molar-refractivity contribution < 1.29 is 39.6 Å². The number of nitrogens with two attached hydrogens (primary N) is 1. The Morgan fingerprint density at radius 2 is 1.30 bits per heavy atom. The van der Waals surface area contributed by atoms with Gasteiger partial charge in [-0.3, -0.25) is 14.4 Å². The number of hydrogen-bond acceptors (Lipinski definition) is 8. The average molecular weight is 392 g/mol. The van der Waals surface area contributed by atoms with E-state index in [0.29, 0.717) is 6.42 Å². The summed E-state index contributed by atoms with van der Waals surface area (Å²) in [6.45, 7) is 1.00. The topological polar surface area (TPSA) is 211 Å². The highest BCUT2D eigenvalue weighted by atomic mass is 16.4. The predicted octanol–water partition coefficient (Wildman–Crippen LogP) is -4.12. The van der Waals surface area contributed by atoms with Gasteiger partial charge in [0, 0.05) is 0 Å². The quantitative estimate of drug-likeness (QED) is 0.162. The van der Waals surface area contributed by atoms with Gasteiger partial charge in [-0.2, -0.15) is 0 Å². The summed E-state index contributed by atoms with van der Waals surface area (Å²) in [7, 11) is 0. The molecule has 0 fully saturated rings. The summed E-state index contributed by atoms with van der Waals surface area (Å²) < 4.78 is 0. The summed E-state index contributed by atoms with van der Waals surface area (Å²) in [6.07, 6.45) is 0.469. The molecule has 0 radical (unpaired) electrons. The number of hydrogen-bond donors (Lipinski definition) is 8. The lowest BCUT2D eigenvalue weighted by molar-refractivity contribution is -0.144. The van der Waals surface area contributed by atoms with Crippen molar-refractivity contribution in [3.8, 4) is 0 Å². The minimum Gasteiger partial charge on any atom is -0.480 e. The van der Waals surface area contributed by atoms with Gasteiger partial charge in [0.1, 0.15) is 24.2 Å². The minimum absolute atomic E-state index is 0.397. The van der Waals surface area contributed by atoms with Crippen molar-refractivity contribution in [2.45, 2.75) is 44.4 Å². The van der Waals surface area contributed by atoms with Crippen molar-refractivity contribution in [3.63, 3.8) is 0 Å². The number of aliphatic carboxylic acids is 1. The molecule has 0 heterocycles. The Bertz CT molecular complexity index is 530. The van der Waals surface area contributed by atoms with E-state index in [1.807, 2.05) is 0 Å². The monoisotopic (exact) mass is 392 g/mol. The zero-order valence-electron chi connectivity index (χ0n) is 15.2. The van der Waals surface area contributed by atoms with Gasteiger partial charge in [0.25, 0.3) is 0 Å². The van der Waals surface area contributed by atoms with Crippen LogP contribution in [0.25, 0.3) is 0 Å². The van der Waals surface area contributed by atoms with Gasteiger partial charge in [-0.05, 0) is 5.92 Å². The zero-order valence-corrected chi connectivity index (χ0v) is 15.2. The molecule has 0 rings (SSSR count). The van der Waals surface area contributed by atoms with E-state index in [0.717, 1.165) is 0 Å². The molecular weight excluding hydrogens is 364 g/mol. The number of aliphatic hydroxyl groups is 3. The third kappa shape index (κ3) is 7.86. The normalized spacial score (nSPS) is 16.4. The van der Waals surface area contributed by atoms with E-state index in [-0.39, 0.29) is 0 Å². The van der Waals surface area contributed by atoms with Gasteiger partial charge in [-0.1, -0.05) is 20.3 Å². The molecule has 9 N–H and O–H groups in total. The van der Waals surface area contributed by atoms with Crippen LogP contribution in [0.3, 0.4) is 0 Å². The molecule has 156 valence electrons. The second-order valence-corrected chi connectivity index (χ2v) is 5.99.